The minimum atomic E-state index is -0.313. The maximum absolute atomic E-state index is 11.8. The monoisotopic (exact) mass is 278 g/mol. The van der Waals surface area contributed by atoms with Crippen molar-refractivity contribution in [1.29, 1.82) is 0 Å². The maximum Gasteiger partial charge on any atom is 0.249 e. The van der Waals surface area contributed by atoms with Crippen LogP contribution in [0.5, 0.6) is 0 Å². The quantitative estimate of drug-likeness (QED) is 0.790. The van der Waals surface area contributed by atoms with Crippen molar-refractivity contribution in [3.8, 4) is 0 Å². The highest BCUT2D eigenvalue weighted by molar-refractivity contribution is 5.85. The van der Waals surface area contributed by atoms with E-state index in [2.05, 4.69) is 5.32 Å². The second-order valence-corrected chi connectivity index (χ2v) is 4.79. The van der Waals surface area contributed by atoms with Crippen molar-refractivity contribution in [2.45, 2.75) is 50.4 Å². The highest BCUT2D eigenvalue weighted by atomic mass is 35.5. The molecule has 0 aromatic heterocycles. The number of carbonyl (C=O) groups excluding carboxylic acids is 1. The van der Waals surface area contributed by atoms with E-state index < -0.39 is 0 Å². The summed E-state index contributed by atoms with van der Waals surface area (Å²) in [5.41, 5.74) is 5.51. The molecule has 0 bridgehead atoms. The van der Waals surface area contributed by atoms with Crippen LogP contribution in [-0.4, -0.2) is 43.9 Å². The highest BCUT2D eigenvalue weighted by Crippen LogP contribution is 2.19. The molecule has 1 amide bonds. The predicted molar refractivity (Wildman–Crippen MR) is 70.8 cm³/mol. The van der Waals surface area contributed by atoms with Gasteiger partial charge in [0.2, 0.25) is 5.91 Å². The SMILES string of the molecule is Cl.NC[C@H]1CC[C@@H](C(=O)NCC2CCCCO2)O1. The Morgan fingerprint density at radius 1 is 1.22 bits per heavy atom. The molecule has 6 heteroatoms. The molecule has 1 unspecified atom stereocenters. The lowest BCUT2D eigenvalue weighted by Gasteiger charge is -2.23. The zero-order chi connectivity index (χ0) is 12.1. The second kappa shape index (κ2) is 7.94. The third kappa shape index (κ3) is 4.39. The molecule has 18 heavy (non-hydrogen) atoms. The van der Waals surface area contributed by atoms with Crippen molar-refractivity contribution in [1.82, 2.24) is 5.32 Å². The summed E-state index contributed by atoms with van der Waals surface area (Å²) in [6.07, 6.45) is 4.94. The van der Waals surface area contributed by atoms with Crippen LogP contribution in [0, 0.1) is 0 Å². The molecular weight excluding hydrogens is 256 g/mol. The van der Waals surface area contributed by atoms with E-state index in [1.807, 2.05) is 0 Å². The van der Waals surface area contributed by atoms with Gasteiger partial charge in [0.25, 0.3) is 0 Å². The van der Waals surface area contributed by atoms with Crippen LogP contribution >= 0.6 is 12.4 Å². The number of rotatable bonds is 4. The Labute approximate surface area is 114 Å². The zero-order valence-corrected chi connectivity index (χ0v) is 11.4. The van der Waals surface area contributed by atoms with Crippen LogP contribution in [0.1, 0.15) is 32.1 Å². The molecule has 2 fully saturated rings. The van der Waals surface area contributed by atoms with Crippen molar-refractivity contribution in [3.05, 3.63) is 0 Å². The van der Waals surface area contributed by atoms with Gasteiger partial charge in [0.1, 0.15) is 6.10 Å². The molecule has 5 nitrogen and oxygen atoms in total. The Hall–Kier alpha value is -0.360. The number of ether oxygens (including phenoxy) is 2. The van der Waals surface area contributed by atoms with Crippen molar-refractivity contribution < 1.29 is 14.3 Å². The summed E-state index contributed by atoms with van der Waals surface area (Å²) in [6, 6.07) is 0. The average Bonchev–Trinajstić information content (AvgIpc) is 2.86. The van der Waals surface area contributed by atoms with Gasteiger partial charge in [-0.1, -0.05) is 0 Å². The normalized spacial score (nSPS) is 31.7. The minimum Gasteiger partial charge on any atom is -0.376 e. The third-order valence-electron chi connectivity index (χ3n) is 3.44. The zero-order valence-electron chi connectivity index (χ0n) is 10.6. The van der Waals surface area contributed by atoms with Gasteiger partial charge in [-0.2, -0.15) is 0 Å². The van der Waals surface area contributed by atoms with Crippen molar-refractivity contribution in [3.63, 3.8) is 0 Å². The van der Waals surface area contributed by atoms with Crippen molar-refractivity contribution in [2.24, 2.45) is 5.73 Å². The van der Waals surface area contributed by atoms with Crippen LogP contribution in [0.15, 0.2) is 0 Å². The molecule has 0 radical (unpaired) electrons. The molecule has 0 saturated carbocycles. The van der Waals surface area contributed by atoms with E-state index >= 15 is 0 Å². The van der Waals surface area contributed by atoms with Gasteiger partial charge in [-0.25, -0.2) is 0 Å². The molecule has 3 N–H and O–H groups in total. The molecule has 0 aromatic carbocycles. The van der Waals surface area contributed by atoms with Gasteiger partial charge in [-0.05, 0) is 32.1 Å². The summed E-state index contributed by atoms with van der Waals surface area (Å²) in [4.78, 5) is 11.8. The Bertz CT molecular complexity index is 260. The first-order chi connectivity index (χ1) is 8.29. The number of hydrogen-bond acceptors (Lipinski definition) is 4. The van der Waals surface area contributed by atoms with Gasteiger partial charge in [0.15, 0.2) is 0 Å². The van der Waals surface area contributed by atoms with Gasteiger partial charge >= 0.3 is 0 Å². The van der Waals surface area contributed by atoms with Crippen LogP contribution < -0.4 is 11.1 Å². The van der Waals surface area contributed by atoms with Crippen LogP contribution in [0.25, 0.3) is 0 Å². The van der Waals surface area contributed by atoms with E-state index in [0.717, 1.165) is 32.3 Å². The minimum absolute atomic E-state index is 0. The summed E-state index contributed by atoms with van der Waals surface area (Å²) in [5, 5.41) is 2.91. The molecule has 2 aliphatic heterocycles. The molecule has 3 atom stereocenters. The number of halogens is 1. The summed E-state index contributed by atoms with van der Waals surface area (Å²) in [5.74, 6) is -0.0184. The second-order valence-electron chi connectivity index (χ2n) is 4.79. The van der Waals surface area contributed by atoms with E-state index in [4.69, 9.17) is 15.2 Å². The lowest BCUT2D eigenvalue weighted by molar-refractivity contribution is -0.132. The highest BCUT2D eigenvalue weighted by Gasteiger charge is 2.30. The Balaban J connectivity index is 0.00000162. The third-order valence-corrected chi connectivity index (χ3v) is 3.44. The molecule has 106 valence electrons. The smallest absolute Gasteiger partial charge is 0.249 e. The standard InChI is InChI=1S/C12H22N2O3.ClH/c13-7-9-4-5-11(17-9)12(15)14-8-10-3-1-2-6-16-10;/h9-11H,1-8,13H2,(H,14,15);1H/t9-,10?,11+;/m1./s1. The average molecular weight is 279 g/mol. The molecule has 2 saturated heterocycles. The first-order valence-electron chi connectivity index (χ1n) is 6.54. The molecule has 0 spiro atoms. The Morgan fingerprint density at radius 3 is 2.67 bits per heavy atom. The lowest BCUT2D eigenvalue weighted by Crippen LogP contribution is -2.41. The predicted octanol–water partition coefficient (Wildman–Crippen LogP) is 0.600. The molecule has 2 heterocycles. The van der Waals surface area contributed by atoms with Gasteiger partial charge in [-0.15, -0.1) is 12.4 Å². The largest absolute Gasteiger partial charge is 0.376 e. The summed E-state index contributed by atoms with van der Waals surface area (Å²) in [6.45, 7) is 1.91. The molecule has 0 aliphatic carbocycles. The number of nitrogens with two attached hydrogens (primary N) is 1. The summed E-state index contributed by atoms with van der Waals surface area (Å²) >= 11 is 0. The maximum atomic E-state index is 11.8. The van der Waals surface area contributed by atoms with Crippen molar-refractivity contribution in [2.75, 3.05) is 19.7 Å². The number of amides is 1. The van der Waals surface area contributed by atoms with Gasteiger partial charge in [-0.3, -0.25) is 4.79 Å². The van der Waals surface area contributed by atoms with Gasteiger partial charge < -0.3 is 20.5 Å². The summed E-state index contributed by atoms with van der Waals surface area (Å²) < 4.78 is 11.1. The Morgan fingerprint density at radius 2 is 2.06 bits per heavy atom. The van der Waals surface area contributed by atoms with Gasteiger partial charge in [0, 0.05) is 19.7 Å². The molecule has 2 rings (SSSR count). The number of hydrogen-bond donors (Lipinski definition) is 2. The number of carbonyl (C=O) groups is 1. The van der Waals surface area contributed by atoms with Crippen LogP contribution in [0.3, 0.4) is 0 Å². The van der Waals surface area contributed by atoms with Gasteiger partial charge in [0.05, 0.1) is 12.2 Å². The topological polar surface area (TPSA) is 73.6 Å². The van der Waals surface area contributed by atoms with E-state index in [1.165, 1.54) is 6.42 Å². The molecule has 0 aromatic rings. The van der Waals surface area contributed by atoms with E-state index in [0.29, 0.717) is 13.1 Å². The number of nitrogens with one attached hydrogen (secondary N) is 1. The fraction of sp³-hybridized carbons (Fsp3) is 0.917. The van der Waals surface area contributed by atoms with E-state index in [9.17, 15) is 4.79 Å². The van der Waals surface area contributed by atoms with Crippen LogP contribution in [-0.2, 0) is 14.3 Å². The van der Waals surface area contributed by atoms with E-state index in [-0.39, 0.29) is 36.6 Å². The molecular formula is C12H23ClN2O3. The lowest BCUT2D eigenvalue weighted by atomic mass is 10.1. The Kier molecular flexibility index (Phi) is 6.92. The first-order valence-corrected chi connectivity index (χ1v) is 6.54. The fourth-order valence-electron chi connectivity index (χ4n) is 2.37. The first kappa shape index (κ1) is 15.7. The fourth-order valence-corrected chi connectivity index (χ4v) is 2.37. The molecule has 2 aliphatic rings. The van der Waals surface area contributed by atoms with Crippen molar-refractivity contribution >= 4 is 18.3 Å². The summed E-state index contributed by atoms with van der Waals surface area (Å²) in [7, 11) is 0. The van der Waals surface area contributed by atoms with Crippen LogP contribution in [0.4, 0.5) is 0 Å². The van der Waals surface area contributed by atoms with Crippen LogP contribution in [0.2, 0.25) is 0 Å². The van der Waals surface area contributed by atoms with E-state index in [1.54, 1.807) is 0 Å².